The minimum absolute atomic E-state index is 0.0833. The van der Waals surface area contributed by atoms with Gasteiger partial charge in [0, 0.05) is 6.92 Å². The Morgan fingerprint density at radius 1 is 1.20 bits per heavy atom. The van der Waals surface area contributed by atoms with E-state index in [0.29, 0.717) is 6.61 Å². The van der Waals surface area contributed by atoms with Gasteiger partial charge in [0.25, 0.3) is 0 Å². The van der Waals surface area contributed by atoms with Crippen LogP contribution in [0.1, 0.15) is 20.8 Å². The third kappa shape index (κ3) is 110. The SMILES string of the molecule is C=CCO.C=CCOC(C)=O.CC(C)=O. The minimum atomic E-state index is -0.264. The summed E-state index contributed by atoms with van der Waals surface area (Å²) in [4.78, 5) is 19.4. The highest BCUT2D eigenvalue weighted by molar-refractivity contribution is 5.72. The van der Waals surface area contributed by atoms with Gasteiger partial charge < -0.3 is 14.6 Å². The summed E-state index contributed by atoms with van der Waals surface area (Å²) in [6.07, 6.45) is 2.96. The monoisotopic (exact) mass is 216 g/mol. The Hall–Kier alpha value is -1.42. The lowest BCUT2D eigenvalue weighted by Gasteiger charge is -1.90. The van der Waals surface area contributed by atoms with E-state index in [1.54, 1.807) is 0 Å². The Balaban J connectivity index is -0.000000155. The molecule has 4 heteroatoms. The van der Waals surface area contributed by atoms with E-state index in [2.05, 4.69) is 17.9 Å². The number of aliphatic hydroxyl groups excluding tert-OH is 1. The van der Waals surface area contributed by atoms with Crippen LogP contribution in [0.5, 0.6) is 0 Å². The Morgan fingerprint density at radius 2 is 1.53 bits per heavy atom. The van der Waals surface area contributed by atoms with Crippen molar-refractivity contribution in [1.29, 1.82) is 0 Å². The summed E-state index contributed by atoms with van der Waals surface area (Å²) in [5.41, 5.74) is 0. The van der Waals surface area contributed by atoms with E-state index in [1.165, 1.54) is 32.9 Å². The second-order valence-corrected chi connectivity index (χ2v) is 2.47. The Kier molecular flexibility index (Phi) is 23.5. The lowest BCUT2D eigenvalue weighted by atomic mass is 10.6. The number of hydrogen-bond acceptors (Lipinski definition) is 4. The molecule has 0 fully saturated rings. The summed E-state index contributed by atoms with van der Waals surface area (Å²) < 4.78 is 4.43. The standard InChI is InChI=1S/C5H8O2.2C3H6O/c1-3-4-7-5(2)6;1-3(2)4;1-2-3-4/h3H,1,4H2,2H3;1-2H3;2,4H,1,3H2. The highest BCUT2D eigenvalue weighted by Gasteiger charge is 1.83. The molecule has 0 rings (SSSR count). The minimum Gasteiger partial charge on any atom is -0.462 e. The van der Waals surface area contributed by atoms with Crippen molar-refractivity contribution in [1.82, 2.24) is 0 Å². The van der Waals surface area contributed by atoms with Crippen molar-refractivity contribution in [2.45, 2.75) is 20.8 Å². The van der Waals surface area contributed by atoms with Gasteiger partial charge in [0.15, 0.2) is 0 Å². The van der Waals surface area contributed by atoms with Crippen molar-refractivity contribution < 1.29 is 19.4 Å². The number of aliphatic hydroxyl groups is 1. The van der Waals surface area contributed by atoms with E-state index in [1.807, 2.05) is 0 Å². The van der Waals surface area contributed by atoms with Crippen LogP contribution < -0.4 is 0 Å². The zero-order valence-electron chi connectivity index (χ0n) is 9.66. The highest BCUT2D eigenvalue weighted by atomic mass is 16.5. The fourth-order valence-electron chi connectivity index (χ4n) is 0.176. The molecule has 0 saturated heterocycles. The Bertz CT molecular complexity index is 181. The number of rotatable bonds is 3. The van der Waals surface area contributed by atoms with Crippen LogP contribution in [0.3, 0.4) is 0 Å². The summed E-state index contributed by atoms with van der Waals surface area (Å²) in [5, 5.41) is 7.76. The van der Waals surface area contributed by atoms with Gasteiger partial charge in [-0.25, -0.2) is 0 Å². The molecule has 0 bridgehead atoms. The second kappa shape index (κ2) is 18.4. The van der Waals surface area contributed by atoms with Crippen LogP contribution in [0.15, 0.2) is 25.3 Å². The summed E-state index contributed by atoms with van der Waals surface area (Å²) in [6.45, 7) is 11.4. The Morgan fingerprint density at radius 3 is 1.60 bits per heavy atom. The number of Topliss-reactive ketones (excluding diaryl/α,β-unsaturated/α-hetero) is 1. The van der Waals surface area contributed by atoms with Crippen LogP contribution in [0, 0.1) is 0 Å². The van der Waals surface area contributed by atoms with Gasteiger partial charge >= 0.3 is 5.97 Å². The van der Waals surface area contributed by atoms with Crippen molar-refractivity contribution in [3.05, 3.63) is 25.3 Å². The first-order valence-electron chi connectivity index (χ1n) is 4.35. The van der Waals surface area contributed by atoms with Crippen LogP contribution in [0.25, 0.3) is 0 Å². The topological polar surface area (TPSA) is 63.6 Å². The number of hydrogen-bond donors (Lipinski definition) is 1. The summed E-state index contributed by atoms with van der Waals surface area (Å²) >= 11 is 0. The van der Waals surface area contributed by atoms with E-state index >= 15 is 0 Å². The molecule has 4 nitrogen and oxygen atoms in total. The molecule has 0 heterocycles. The first-order valence-corrected chi connectivity index (χ1v) is 4.35. The maximum Gasteiger partial charge on any atom is 0.302 e. The zero-order valence-corrected chi connectivity index (χ0v) is 9.66. The fourth-order valence-corrected chi connectivity index (χ4v) is 0.176. The molecule has 0 aliphatic carbocycles. The average Bonchev–Trinajstić information content (AvgIpc) is 2.14. The number of carbonyl (C=O) groups excluding carboxylic acids is 2. The lowest BCUT2D eigenvalue weighted by Crippen LogP contribution is -1.96. The Labute approximate surface area is 91.3 Å². The average molecular weight is 216 g/mol. The second-order valence-electron chi connectivity index (χ2n) is 2.47. The summed E-state index contributed by atoms with van der Waals surface area (Å²) in [7, 11) is 0. The van der Waals surface area contributed by atoms with Gasteiger partial charge in [-0.15, -0.1) is 6.58 Å². The predicted molar refractivity (Wildman–Crippen MR) is 60.5 cm³/mol. The molecule has 0 saturated carbocycles. The molecule has 0 radical (unpaired) electrons. The van der Waals surface area contributed by atoms with Crippen molar-refractivity contribution >= 4 is 11.8 Å². The van der Waals surface area contributed by atoms with Crippen molar-refractivity contribution in [3.8, 4) is 0 Å². The number of ketones is 1. The molecule has 15 heavy (non-hydrogen) atoms. The normalized spacial score (nSPS) is 6.93. The van der Waals surface area contributed by atoms with Crippen molar-refractivity contribution in [2.24, 2.45) is 0 Å². The van der Waals surface area contributed by atoms with Crippen molar-refractivity contribution in [2.75, 3.05) is 13.2 Å². The molecule has 88 valence electrons. The summed E-state index contributed by atoms with van der Waals surface area (Å²) in [6, 6.07) is 0. The van der Waals surface area contributed by atoms with Crippen LogP contribution in [-0.2, 0) is 14.3 Å². The molecule has 0 aromatic rings. The van der Waals surface area contributed by atoms with Gasteiger partial charge in [-0.1, -0.05) is 18.7 Å². The highest BCUT2D eigenvalue weighted by Crippen LogP contribution is 1.73. The number of ether oxygens (including phenoxy) is 1. The molecule has 0 atom stereocenters. The first kappa shape index (κ1) is 19.2. The first-order chi connectivity index (χ1) is 6.92. The van der Waals surface area contributed by atoms with Crippen LogP contribution in [-0.4, -0.2) is 30.1 Å². The van der Waals surface area contributed by atoms with Gasteiger partial charge in [-0.3, -0.25) is 4.79 Å². The zero-order chi connectivity index (χ0) is 12.7. The van der Waals surface area contributed by atoms with Gasteiger partial charge in [0.2, 0.25) is 0 Å². The molecule has 1 N–H and O–H groups in total. The van der Waals surface area contributed by atoms with E-state index in [-0.39, 0.29) is 18.4 Å². The quantitative estimate of drug-likeness (QED) is 0.573. The van der Waals surface area contributed by atoms with Crippen LogP contribution in [0.2, 0.25) is 0 Å². The molecule has 0 aromatic carbocycles. The summed E-state index contributed by atoms with van der Waals surface area (Å²) in [5.74, 6) is -0.0973. The largest absolute Gasteiger partial charge is 0.462 e. The van der Waals surface area contributed by atoms with Gasteiger partial charge in [-0.05, 0) is 13.8 Å². The van der Waals surface area contributed by atoms with Gasteiger partial charge in [0.1, 0.15) is 12.4 Å². The maximum atomic E-state index is 9.93. The van der Waals surface area contributed by atoms with Crippen LogP contribution in [0.4, 0.5) is 0 Å². The molecule has 0 unspecified atom stereocenters. The molecule has 0 spiro atoms. The molecular weight excluding hydrogens is 196 g/mol. The molecule has 0 aromatic heterocycles. The maximum absolute atomic E-state index is 9.93. The number of esters is 1. The number of carbonyl (C=O) groups is 2. The molecule has 0 amide bonds. The van der Waals surface area contributed by atoms with Crippen molar-refractivity contribution in [3.63, 3.8) is 0 Å². The van der Waals surface area contributed by atoms with E-state index in [0.717, 1.165) is 0 Å². The van der Waals surface area contributed by atoms with E-state index in [9.17, 15) is 9.59 Å². The van der Waals surface area contributed by atoms with Gasteiger partial charge in [0.05, 0.1) is 6.61 Å². The molecular formula is C11H20O4. The van der Waals surface area contributed by atoms with Crippen LogP contribution >= 0.6 is 0 Å². The lowest BCUT2D eigenvalue weighted by molar-refractivity contribution is -0.139. The molecule has 0 aliphatic heterocycles. The van der Waals surface area contributed by atoms with Gasteiger partial charge in [-0.2, -0.15) is 0 Å². The molecule has 0 aliphatic rings. The van der Waals surface area contributed by atoms with E-state index < -0.39 is 0 Å². The fraction of sp³-hybridized carbons (Fsp3) is 0.455. The predicted octanol–water partition coefficient (Wildman–Crippen LogP) is 1.50. The third-order valence-corrected chi connectivity index (χ3v) is 0.534. The van der Waals surface area contributed by atoms with E-state index in [4.69, 9.17) is 5.11 Å². The third-order valence-electron chi connectivity index (χ3n) is 0.534. The smallest absolute Gasteiger partial charge is 0.302 e.